The first-order valence-corrected chi connectivity index (χ1v) is 31.3. The fourth-order valence-corrected chi connectivity index (χ4v) is 14.8. The molecular formula is C55H61Cl2N6O15PS2. The second-order valence-electron chi connectivity index (χ2n) is 21.3. The molecule has 10 rings (SSSR count). The molecule has 2 unspecified atom stereocenters. The zero-order valence-electron chi connectivity index (χ0n) is 44.5. The molecule has 0 radical (unpaired) electrons. The second kappa shape index (κ2) is 24.4. The van der Waals surface area contributed by atoms with Crippen molar-refractivity contribution in [3.63, 3.8) is 0 Å². The molecule has 4 aromatic carbocycles. The SMILES string of the molecule is CC(COC(=O)N(C)CCN(C)C(=O)Oc1cc2c(c3ccccc13)[C@H](CCl)CN2C(=O)C12CC(C(=O)N3C[C@@H](CCl)c4c3cc(OP(=O)(O)O)c3ccccc43)(C1)C2)SSCC(NC(=O)CCCCCN1C(=O)C=CC1=O)C(=O)O. The van der Waals surface area contributed by atoms with Crippen molar-refractivity contribution in [2.45, 2.75) is 75.0 Å². The number of carboxylic acids is 1. The Morgan fingerprint density at radius 2 is 1.27 bits per heavy atom. The molecule has 3 aliphatic carbocycles. The van der Waals surface area contributed by atoms with Gasteiger partial charge in [-0.15, -0.1) is 23.2 Å². The quantitative estimate of drug-likeness (QED) is 0.0170. The number of benzene rings is 4. The van der Waals surface area contributed by atoms with E-state index in [4.69, 9.17) is 37.2 Å². The molecule has 0 saturated heterocycles. The summed E-state index contributed by atoms with van der Waals surface area (Å²) in [5, 5.41) is 14.5. The molecule has 3 fully saturated rings. The monoisotopic (exact) mass is 1210 g/mol. The number of fused-ring (bicyclic) bond motifs is 6. The van der Waals surface area contributed by atoms with E-state index in [-0.39, 0.29) is 115 Å². The van der Waals surface area contributed by atoms with Gasteiger partial charge in [-0.25, -0.2) is 18.9 Å². The number of nitrogens with one attached hydrogen (secondary N) is 1. The summed E-state index contributed by atoms with van der Waals surface area (Å²) in [5.74, 6) is -2.63. The Labute approximate surface area is 484 Å². The number of unbranched alkanes of at least 4 members (excludes halogenated alkanes) is 2. The summed E-state index contributed by atoms with van der Waals surface area (Å²) in [6.07, 6.45) is 3.56. The van der Waals surface area contributed by atoms with Crippen molar-refractivity contribution >= 4 is 133 Å². The number of ether oxygens (including phenoxy) is 2. The molecule has 0 aromatic heterocycles. The number of carbonyl (C=O) groups excluding carboxylic acids is 7. The largest absolute Gasteiger partial charge is 0.524 e. The maximum Gasteiger partial charge on any atom is 0.524 e. The Balaban J connectivity index is 0.761. The molecule has 26 heteroatoms. The lowest BCUT2D eigenvalue weighted by Crippen LogP contribution is -2.73. The molecule has 3 saturated carbocycles. The lowest BCUT2D eigenvalue weighted by Gasteiger charge is -2.69. The summed E-state index contributed by atoms with van der Waals surface area (Å²) in [4.78, 5) is 131. The third-order valence-corrected chi connectivity index (χ3v) is 19.6. The molecule has 4 N–H and O–H groups in total. The molecule has 7 amide bonds. The number of carbonyl (C=O) groups is 8. The van der Waals surface area contributed by atoms with Crippen LogP contribution in [-0.4, -0.2) is 160 Å². The van der Waals surface area contributed by atoms with E-state index in [1.165, 1.54) is 63.7 Å². The number of carboxylic acid groups (broad SMARTS) is 1. The minimum atomic E-state index is -4.97. The van der Waals surface area contributed by atoms with Crippen molar-refractivity contribution in [3.05, 3.63) is 83.9 Å². The van der Waals surface area contributed by atoms with Crippen LogP contribution < -0.4 is 24.4 Å². The molecule has 81 heavy (non-hydrogen) atoms. The van der Waals surface area contributed by atoms with Crippen LogP contribution in [0.1, 0.15) is 74.8 Å². The van der Waals surface area contributed by atoms with Gasteiger partial charge in [-0.3, -0.25) is 38.7 Å². The highest BCUT2D eigenvalue weighted by Crippen LogP contribution is 2.75. The minimum Gasteiger partial charge on any atom is -0.480 e. The number of hydrogen-bond donors (Lipinski definition) is 4. The second-order valence-corrected chi connectivity index (χ2v) is 26.0. The lowest BCUT2D eigenvalue weighted by molar-refractivity contribution is -0.205. The van der Waals surface area contributed by atoms with E-state index < -0.39 is 48.8 Å². The smallest absolute Gasteiger partial charge is 0.480 e. The van der Waals surface area contributed by atoms with Crippen molar-refractivity contribution in [2.75, 3.05) is 80.7 Å². The van der Waals surface area contributed by atoms with Crippen LogP contribution in [0.4, 0.5) is 21.0 Å². The van der Waals surface area contributed by atoms with Gasteiger partial charge < -0.3 is 44.0 Å². The average Bonchev–Trinajstić information content (AvgIpc) is 4.25. The van der Waals surface area contributed by atoms with Crippen molar-refractivity contribution in [2.24, 2.45) is 10.8 Å². The number of aliphatic carboxylic acids is 1. The number of anilines is 2. The summed E-state index contributed by atoms with van der Waals surface area (Å²) in [6, 6.07) is 16.4. The Morgan fingerprint density at radius 1 is 0.765 bits per heavy atom. The summed E-state index contributed by atoms with van der Waals surface area (Å²) < 4.78 is 28.7. The predicted molar refractivity (Wildman–Crippen MR) is 307 cm³/mol. The summed E-state index contributed by atoms with van der Waals surface area (Å²) in [5.41, 5.74) is 0.979. The highest BCUT2D eigenvalue weighted by Gasteiger charge is 2.76. The minimum absolute atomic E-state index is 0.00726. The van der Waals surface area contributed by atoms with Gasteiger partial charge in [0, 0.05) is 123 Å². The third kappa shape index (κ3) is 12.4. The van der Waals surface area contributed by atoms with Gasteiger partial charge in [0.25, 0.3) is 11.8 Å². The van der Waals surface area contributed by atoms with Gasteiger partial charge in [-0.1, -0.05) is 76.5 Å². The van der Waals surface area contributed by atoms with E-state index in [0.29, 0.717) is 66.1 Å². The maximum atomic E-state index is 14.8. The van der Waals surface area contributed by atoms with E-state index in [1.54, 1.807) is 41.0 Å². The van der Waals surface area contributed by atoms with Crippen molar-refractivity contribution in [1.82, 2.24) is 20.0 Å². The highest BCUT2D eigenvalue weighted by molar-refractivity contribution is 8.77. The molecule has 3 heterocycles. The average molecular weight is 1210 g/mol. The number of likely N-dealkylation sites (N-methyl/N-ethyl adjacent to an activating group) is 2. The standard InChI is InChI=1S/C55H61Cl2N6O15PS2/c1-32(81-80-28-39(49(67)68)58-44(64)15-5-4-10-18-61-45(65)16-17-46(61)66)27-76-52(71)59(2)19-20-60(3)53(72)77-42-21-40-47(37-13-8-6-11-35(37)42)33(23-56)25-62(40)50(69)54-29-55(30-54,31-54)51(70)63-26-34(24-57)48-38-14-9-7-12-36(38)43(22-41(48)63)78-79(73,74)75/h6-9,11-14,16-17,21-22,32-34,39H,4-5,10,15,18-20,23-31H2,1-3H3,(H,58,64)(H,67,68)(H2,73,74,75)/t32?,33-,34-,39?,54?,55?/m1/s1. The number of hydrogen-bond acceptors (Lipinski definition) is 14. The van der Waals surface area contributed by atoms with E-state index in [1.807, 2.05) is 30.3 Å². The molecule has 4 aromatic rings. The van der Waals surface area contributed by atoms with Crippen LogP contribution in [-0.2, 0) is 38.1 Å². The number of imide groups is 1. The maximum absolute atomic E-state index is 14.8. The number of phosphoric ester groups is 1. The summed E-state index contributed by atoms with van der Waals surface area (Å²) in [7, 11) is 0.576. The number of rotatable bonds is 24. The first-order chi connectivity index (χ1) is 38.6. The zero-order chi connectivity index (χ0) is 58.1. The number of amides is 7. The fourth-order valence-electron chi connectivity index (χ4n) is 11.6. The molecule has 432 valence electrons. The topological polar surface area (TPSA) is 270 Å². The Hall–Kier alpha value is -6.07. The number of alkyl halides is 2. The fraction of sp³-hybridized carbons (Fsp3) is 0.455. The first-order valence-electron chi connectivity index (χ1n) is 26.3. The highest BCUT2D eigenvalue weighted by atomic mass is 35.5. The molecule has 4 atom stereocenters. The van der Waals surface area contributed by atoms with E-state index in [9.17, 15) is 57.8 Å². The van der Waals surface area contributed by atoms with Gasteiger partial charge in [0.1, 0.15) is 24.1 Å². The molecule has 6 aliphatic rings. The van der Waals surface area contributed by atoms with Crippen LogP contribution in [0, 0.1) is 10.8 Å². The zero-order valence-corrected chi connectivity index (χ0v) is 48.6. The third-order valence-electron chi connectivity index (χ3n) is 15.6. The lowest BCUT2D eigenvalue weighted by atomic mass is 9.34. The van der Waals surface area contributed by atoms with Crippen LogP contribution in [0.3, 0.4) is 0 Å². The predicted octanol–water partition coefficient (Wildman–Crippen LogP) is 8.00. The first kappa shape index (κ1) is 59.5. The van der Waals surface area contributed by atoms with Crippen LogP contribution in [0.15, 0.2) is 72.8 Å². The van der Waals surface area contributed by atoms with Crippen LogP contribution in [0.2, 0.25) is 0 Å². The number of phosphoric acid groups is 1. The molecule has 3 aliphatic heterocycles. The van der Waals surface area contributed by atoms with E-state index in [0.717, 1.165) is 21.4 Å². The Morgan fingerprint density at radius 3 is 1.79 bits per heavy atom. The van der Waals surface area contributed by atoms with Gasteiger partial charge in [0.05, 0.1) is 22.2 Å². The molecular weight excluding hydrogens is 1150 g/mol. The van der Waals surface area contributed by atoms with Crippen molar-refractivity contribution < 1.29 is 71.8 Å². The van der Waals surface area contributed by atoms with Crippen molar-refractivity contribution in [1.29, 1.82) is 0 Å². The van der Waals surface area contributed by atoms with Crippen LogP contribution >= 0.6 is 52.6 Å². The van der Waals surface area contributed by atoms with Gasteiger partial charge >= 0.3 is 26.0 Å². The van der Waals surface area contributed by atoms with Crippen LogP contribution in [0.5, 0.6) is 11.5 Å². The van der Waals surface area contributed by atoms with Crippen molar-refractivity contribution in [3.8, 4) is 11.5 Å². The van der Waals surface area contributed by atoms with Gasteiger partial charge in [0.2, 0.25) is 17.7 Å². The van der Waals surface area contributed by atoms with E-state index in [2.05, 4.69) is 5.32 Å². The summed E-state index contributed by atoms with van der Waals surface area (Å²) >= 11 is 13.1. The van der Waals surface area contributed by atoms with Crippen LogP contribution in [0.25, 0.3) is 21.5 Å². The normalized spacial score (nSPS) is 21.2. The van der Waals surface area contributed by atoms with Gasteiger partial charge in [-0.2, -0.15) is 0 Å². The molecule has 21 nitrogen and oxygen atoms in total. The molecule has 0 spiro atoms. The molecule has 2 bridgehead atoms. The van der Waals surface area contributed by atoms with Gasteiger partial charge in [0.15, 0.2) is 0 Å². The van der Waals surface area contributed by atoms with E-state index >= 15 is 0 Å². The Kier molecular flexibility index (Phi) is 17.9. The number of nitrogens with zero attached hydrogens (tertiary/aromatic N) is 5. The summed E-state index contributed by atoms with van der Waals surface area (Å²) in [6.45, 7) is 2.70. The van der Waals surface area contributed by atoms with Gasteiger partial charge in [-0.05, 0) is 60.9 Å². The Bertz CT molecular complexity index is 3250. The number of halogens is 2.